The molecule has 19 heavy (non-hydrogen) atoms. The molecule has 0 spiro atoms. The zero-order chi connectivity index (χ0) is 14.3. The first-order valence-corrected chi connectivity index (χ1v) is 7.79. The van der Waals surface area contributed by atoms with E-state index in [-0.39, 0.29) is 5.54 Å². The number of hydrogen-bond acceptors (Lipinski definition) is 4. The summed E-state index contributed by atoms with van der Waals surface area (Å²) in [5, 5.41) is 0. The molecule has 1 saturated heterocycles. The number of hydrogen-bond donors (Lipinski definition) is 1. The molecule has 0 aromatic carbocycles. The van der Waals surface area contributed by atoms with Crippen molar-refractivity contribution in [1.82, 2.24) is 9.80 Å². The van der Waals surface area contributed by atoms with Crippen LogP contribution in [-0.4, -0.2) is 67.8 Å². The highest BCUT2D eigenvalue weighted by molar-refractivity contribution is 4.93. The maximum atomic E-state index is 6.13. The molecule has 4 heteroatoms. The van der Waals surface area contributed by atoms with Gasteiger partial charge in [-0.2, -0.15) is 0 Å². The van der Waals surface area contributed by atoms with Crippen molar-refractivity contribution >= 4 is 0 Å². The fourth-order valence-electron chi connectivity index (χ4n) is 2.96. The van der Waals surface area contributed by atoms with E-state index in [0.29, 0.717) is 6.10 Å². The Bertz CT molecular complexity index is 248. The monoisotopic (exact) mass is 271 g/mol. The minimum Gasteiger partial charge on any atom is -0.377 e. The summed E-state index contributed by atoms with van der Waals surface area (Å²) in [5.74, 6) is 0. The van der Waals surface area contributed by atoms with Crippen LogP contribution in [0.3, 0.4) is 0 Å². The van der Waals surface area contributed by atoms with Gasteiger partial charge in [-0.15, -0.1) is 0 Å². The van der Waals surface area contributed by atoms with Crippen LogP contribution in [0.5, 0.6) is 0 Å². The molecule has 114 valence electrons. The van der Waals surface area contributed by atoms with Gasteiger partial charge < -0.3 is 15.4 Å². The molecule has 1 heterocycles. The molecule has 0 aromatic heterocycles. The maximum absolute atomic E-state index is 6.13. The van der Waals surface area contributed by atoms with Gasteiger partial charge in [-0.25, -0.2) is 0 Å². The van der Waals surface area contributed by atoms with Gasteiger partial charge in [0.1, 0.15) is 0 Å². The van der Waals surface area contributed by atoms with Crippen LogP contribution in [0.4, 0.5) is 0 Å². The Hall–Kier alpha value is -0.160. The Labute approximate surface area is 119 Å². The molecule has 0 saturated carbocycles. The van der Waals surface area contributed by atoms with Crippen molar-refractivity contribution < 1.29 is 4.74 Å². The molecule has 1 atom stereocenters. The van der Waals surface area contributed by atoms with Crippen LogP contribution in [0.1, 0.15) is 40.0 Å². The number of nitrogens with zero attached hydrogens (tertiary/aromatic N) is 2. The number of nitrogens with two attached hydrogens (primary N) is 1. The van der Waals surface area contributed by atoms with Gasteiger partial charge in [0.05, 0.1) is 12.7 Å². The average molecular weight is 271 g/mol. The first-order chi connectivity index (χ1) is 9.04. The fraction of sp³-hybridized carbons (Fsp3) is 1.00. The van der Waals surface area contributed by atoms with Gasteiger partial charge in [-0.1, -0.05) is 6.92 Å². The van der Waals surface area contributed by atoms with Gasteiger partial charge in [-0.3, -0.25) is 4.90 Å². The van der Waals surface area contributed by atoms with Crippen molar-refractivity contribution in [3.63, 3.8) is 0 Å². The van der Waals surface area contributed by atoms with Gasteiger partial charge in [-0.05, 0) is 59.8 Å². The number of likely N-dealkylation sites (N-methyl/N-ethyl adjacent to an activating group) is 1. The van der Waals surface area contributed by atoms with E-state index in [2.05, 4.69) is 37.6 Å². The summed E-state index contributed by atoms with van der Waals surface area (Å²) in [7, 11) is 2.21. The molecule has 1 unspecified atom stereocenters. The standard InChI is InChI=1S/C15H33N3O/c1-5-18-9-6-7-15(13-16,8-10-18)17(4)11-12-19-14(2)3/h14H,5-13,16H2,1-4H3. The van der Waals surface area contributed by atoms with Crippen molar-refractivity contribution in [3.8, 4) is 0 Å². The highest BCUT2D eigenvalue weighted by atomic mass is 16.5. The lowest BCUT2D eigenvalue weighted by atomic mass is 9.89. The molecule has 4 nitrogen and oxygen atoms in total. The van der Waals surface area contributed by atoms with Gasteiger partial charge in [0.15, 0.2) is 0 Å². The summed E-state index contributed by atoms with van der Waals surface area (Å²) in [6.07, 6.45) is 3.95. The zero-order valence-corrected chi connectivity index (χ0v) is 13.3. The summed E-state index contributed by atoms with van der Waals surface area (Å²) >= 11 is 0. The van der Waals surface area contributed by atoms with Gasteiger partial charge in [0, 0.05) is 18.6 Å². The largest absolute Gasteiger partial charge is 0.377 e. The molecule has 0 aliphatic carbocycles. The fourth-order valence-corrected chi connectivity index (χ4v) is 2.96. The SMILES string of the molecule is CCN1CCCC(CN)(N(C)CCOC(C)C)CC1. The van der Waals surface area contributed by atoms with Crippen molar-refractivity contribution in [2.75, 3.05) is 46.4 Å². The van der Waals surface area contributed by atoms with E-state index in [1.807, 2.05) is 0 Å². The minimum atomic E-state index is 0.171. The predicted octanol–water partition coefficient (Wildman–Crippen LogP) is 1.55. The minimum absolute atomic E-state index is 0.171. The third-order valence-corrected chi connectivity index (χ3v) is 4.52. The lowest BCUT2D eigenvalue weighted by Gasteiger charge is -2.41. The molecule has 0 aromatic rings. The second kappa shape index (κ2) is 8.20. The normalized spacial score (nSPS) is 26.1. The summed E-state index contributed by atoms with van der Waals surface area (Å²) in [6, 6.07) is 0. The van der Waals surface area contributed by atoms with E-state index in [1.54, 1.807) is 0 Å². The van der Waals surface area contributed by atoms with Crippen LogP contribution in [-0.2, 0) is 4.74 Å². The summed E-state index contributed by atoms with van der Waals surface area (Å²) in [5.41, 5.74) is 6.30. The quantitative estimate of drug-likeness (QED) is 0.763. The molecule has 1 fully saturated rings. The van der Waals surface area contributed by atoms with Crippen molar-refractivity contribution in [1.29, 1.82) is 0 Å². The van der Waals surface area contributed by atoms with E-state index in [4.69, 9.17) is 10.5 Å². The zero-order valence-electron chi connectivity index (χ0n) is 13.3. The highest BCUT2D eigenvalue weighted by Gasteiger charge is 2.34. The topological polar surface area (TPSA) is 41.7 Å². The summed E-state index contributed by atoms with van der Waals surface area (Å²) in [4.78, 5) is 4.98. The van der Waals surface area contributed by atoms with E-state index >= 15 is 0 Å². The van der Waals surface area contributed by atoms with Crippen molar-refractivity contribution in [2.24, 2.45) is 5.73 Å². The number of rotatable bonds is 7. The predicted molar refractivity (Wildman–Crippen MR) is 81.5 cm³/mol. The first kappa shape index (κ1) is 16.9. The van der Waals surface area contributed by atoms with Gasteiger partial charge >= 0.3 is 0 Å². The van der Waals surface area contributed by atoms with Crippen LogP contribution in [0.15, 0.2) is 0 Å². The third kappa shape index (κ3) is 5.03. The number of ether oxygens (including phenoxy) is 1. The number of likely N-dealkylation sites (tertiary alicyclic amines) is 1. The molecular weight excluding hydrogens is 238 g/mol. The second-order valence-electron chi connectivity index (χ2n) is 6.06. The first-order valence-electron chi connectivity index (χ1n) is 7.79. The van der Waals surface area contributed by atoms with E-state index in [9.17, 15) is 0 Å². The van der Waals surface area contributed by atoms with Gasteiger partial charge in [0.2, 0.25) is 0 Å². The Morgan fingerprint density at radius 2 is 2.05 bits per heavy atom. The van der Waals surface area contributed by atoms with Crippen LogP contribution < -0.4 is 5.73 Å². The van der Waals surface area contributed by atoms with Crippen LogP contribution >= 0.6 is 0 Å². The van der Waals surface area contributed by atoms with Crippen LogP contribution in [0, 0.1) is 0 Å². The van der Waals surface area contributed by atoms with Crippen molar-refractivity contribution in [2.45, 2.75) is 51.7 Å². The Morgan fingerprint density at radius 3 is 2.63 bits per heavy atom. The lowest BCUT2D eigenvalue weighted by Crippen LogP contribution is -2.53. The molecule has 0 amide bonds. The smallest absolute Gasteiger partial charge is 0.0597 e. The second-order valence-corrected chi connectivity index (χ2v) is 6.06. The van der Waals surface area contributed by atoms with E-state index < -0.39 is 0 Å². The summed E-state index contributed by atoms with van der Waals surface area (Å²) in [6.45, 7) is 12.5. The molecule has 0 bridgehead atoms. The Balaban J connectivity index is 2.53. The highest BCUT2D eigenvalue weighted by Crippen LogP contribution is 2.27. The third-order valence-electron chi connectivity index (χ3n) is 4.52. The van der Waals surface area contributed by atoms with E-state index in [0.717, 1.165) is 26.2 Å². The average Bonchev–Trinajstić information content (AvgIpc) is 2.61. The molecular formula is C15H33N3O. The molecule has 0 radical (unpaired) electrons. The Kier molecular flexibility index (Phi) is 7.29. The van der Waals surface area contributed by atoms with Gasteiger partial charge in [0.25, 0.3) is 0 Å². The molecule has 1 rings (SSSR count). The summed E-state index contributed by atoms with van der Waals surface area (Å²) < 4.78 is 5.67. The lowest BCUT2D eigenvalue weighted by molar-refractivity contribution is 0.0298. The van der Waals surface area contributed by atoms with Crippen LogP contribution in [0.2, 0.25) is 0 Å². The van der Waals surface area contributed by atoms with Crippen molar-refractivity contribution in [3.05, 3.63) is 0 Å². The molecule has 1 aliphatic heterocycles. The molecule has 2 N–H and O–H groups in total. The maximum Gasteiger partial charge on any atom is 0.0597 e. The van der Waals surface area contributed by atoms with E-state index in [1.165, 1.54) is 32.4 Å². The van der Waals surface area contributed by atoms with Crippen LogP contribution in [0.25, 0.3) is 0 Å². The Morgan fingerprint density at radius 1 is 1.32 bits per heavy atom. The molecule has 1 aliphatic rings.